The molecule has 0 aromatic heterocycles. The van der Waals surface area contributed by atoms with E-state index in [0.717, 1.165) is 34.8 Å². The molecule has 32 heavy (non-hydrogen) atoms. The van der Waals surface area contributed by atoms with Crippen LogP contribution in [0, 0.1) is 39.2 Å². The molecule has 4 unspecified atom stereocenters. The summed E-state index contributed by atoms with van der Waals surface area (Å²) in [5.41, 5.74) is 8.38. The van der Waals surface area contributed by atoms with Crippen molar-refractivity contribution in [2.75, 3.05) is 0 Å². The van der Waals surface area contributed by atoms with Gasteiger partial charge in [-0.05, 0) is 101 Å². The molecule has 0 heterocycles. The van der Waals surface area contributed by atoms with Crippen molar-refractivity contribution in [1.82, 2.24) is 0 Å². The van der Waals surface area contributed by atoms with Crippen molar-refractivity contribution in [2.24, 2.45) is 29.1 Å². The Labute approximate surface area is 187 Å². The molecule has 4 atom stereocenters. The second-order valence-corrected chi connectivity index (χ2v) is 11.1. The number of rotatable bonds is 2. The first-order valence-electron chi connectivity index (χ1n) is 12.1. The number of hydrogen-bond acceptors (Lipinski definition) is 2. The van der Waals surface area contributed by atoms with Crippen LogP contribution in [0.3, 0.4) is 0 Å². The molecule has 0 radical (unpaired) electrons. The van der Waals surface area contributed by atoms with Crippen LogP contribution >= 0.6 is 0 Å². The number of nitrogens with zero attached hydrogens (tertiary/aromatic N) is 1. The Morgan fingerprint density at radius 3 is 2.16 bits per heavy atom. The Hall–Kier alpha value is -2.94. The molecule has 0 N–H and O–H groups in total. The number of benzene rings is 3. The molecule has 3 aromatic rings. The van der Waals surface area contributed by atoms with E-state index in [-0.39, 0.29) is 16.0 Å². The minimum Gasteiger partial charge on any atom is -0.258 e. The first-order valence-corrected chi connectivity index (χ1v) is 12.1. The van der Waals surface area contributed by atoms with E-state index in [1.807, 2.05) is 12.1 Å². The fourth-order valence-corrected chi connectivity index (χ4v) is 9.67. The smallest absolute Gasteiger partial charge is 0.258 e. The van der Waals surface area contributed by atoms with Gasteiger partial charge >= 0.3 is 0 Å². The van der Waals surface area contributed by atoms with E-state index in [1.54, 1.807) is 17.7 Å². The molecule has 2 spiro atoms. The van der Waals surface area contributed by atoms with Crippen LogP contribution in [0.25, 0.3) is 22.3 Å². The quantitative estimate of drug-likeness (QED) is 0.332. The zero-order valence-electron chi connectivity index (χ0n) is 18.0. The van der Waals surface area contributed by atoms with Crippen molar-refractivity contribution in [3.63, 3.8) is 0 Å². The molecule has 8 rings (SSSR count). The fraction of sp³-hybridized carbons (Fsp3) is 0.379. The van der Waals surface area contributed by atoms with Gasteiger partial charge in [-0.1, -0.05) is 48.5 Å². The Balaban J connectivity index is 1.39. The summed E-state index contributed by atoms with van der Waals surface area (Å²) in [7, 11) is 0. The summed E-state index contributed by atoms with van der Waals surface area (Å²) in [5, 5.41) is 11.7. The second-order valence-electron chi connectivity index (χ2n) is 11.1. The Morgan fingerprint density at radius 2 is 1.41 bits per heavy atom. The van der Waals surface area contributed by atoms with Gasteiger partial charge in [-0.2, -0.15) is 0 Å². The van der Waals surface area contributed by atoms with Crippen LogP contribution in [0.4, 0.5) is 5.69 Å². The van der Waals surface area contributed by atoms with Gasteiger partial charge in [0, 0.05) is 11.5 Å². The molecule has 5 aliphatic carbocycles. The monoisotopic (exact) mass is 419 g/mol. The van der Waals surface area contributed by atoms with Gasteiger partial charge in [0.05, 0.1) is 10.5 Å². The van der Waals surface area contributed by atoms with Gasteiger partial charge < -0.3 is 0 Å². The summed E-state index contributed by atoms with van der Waals surface area (Å²) in [6.07, 6.45) is 7.09. The fourth-order valence-electron chi connectivity index (χ4n) is 9.67. The SMILES string of the molecule is O=[N+]([O-])c1ccccc1-c1ccc2c(c1)C1(c3ccccc3-2)C2CC3CC4CC1C2(C3)C4. The van der Waals surface area contributed by atoms with Gasteiger partial charge in [0.15, 0.2) is 0 Å². The van der Waals surface area contributed by atoms with Gasteiger partial charge in [-0.15, -0.1) is 0 Å². The third-order valence-electron chi connectivity index (χ3n) is 10.2. The maximum atomic E-state index is 11.7. The molecular formula is C29H25NO2. The Bertz CT molecular complexity index is 1320. The molecule has 3 nitrogen and oxygen atoms in total. The van der Waals surface area contributed by atoms with Crippen LogP contribution < -0.4 is 0 Å². The second kappa shape index (κ2) is 5.51. The highest BCUT2D eigenvalue weighted by Gasteiger charge is 2.79. The van der Waals surface area contributed by atoms with Crippen LogP contribution in [0.15, 0.2) is 66.7 Å². The largest absolute Gasteiger partial charge is 0.277 e. The third-order valence-corrected chi connectivity index (χ3v) is 10.2. The highest BCUT2D eigenvalue weighted by molar-refractivity contribution is 5.86. The van der Waals surface area contributed by atoms with Crippen LogP contribution in [-0.2, 0) is 5.41 Å². The number of nitro benzene ring substituents is 1. The molecule has 0 aliphatic heterocycles. The predicted octanol–water partition coefficient (Wildman–Crippen LogP) is 6.98. The zero-order chi connectivity index (χ0) is 21.2. The van der Waals surface area contributed by atoms with Gasteiger partial charge in [-0.25, -0.2) is 0 Å². The maximum absolute atomic E-state index is 11.7. The lowest BCUT2D eigenvalue weighted by molar-refractivity contribution is -0.384. The minimum atomic E-state index is -0.247. The van der Waals surface area contributed by atoms with E-state index >= 15 is 0 Å². The van der Waals surface area contributed by atoms with Gasteiger partial charge in [-0.3, -0.25) is 10.1 Å². The molecule has 3 heteroatoms. The summed E-state index contributed by atoms with van der Waals surface area (Å²) in [4.78, 5) is 11.5. The summed E-state index contributed by atoms with van der Waals surface area (Å²) in [6, 6.07) is 23.0. The molecular weight excluding hydrogens is 394 g/mol. The topological polar surface area (TPSA) is 43.1 Å². The summed E-state index contributed by atoms with van der Waals surface area (Å²) in [5.74, 6) is 3.30. The van der Waals surface area contributed by atoms with E-state index in [1.165, 1.54) is 48.8 Å². The van der Waals surface area contributed by atoms with Gasteiger partial charge in [0.2, 0.25) is 0 Å². The van der Waals surface area contributed by atoms with Crippen molar-refractivity contribution in [2.45, 2.75) is 37.5 Å². The molecule has 0 saturated heterocycles. The lowest BCUT2D eigenvalue weighted by Crippen LogP contribution is -2.62. The van der Waals surface area contributed by atoms with E-state index in [4.69, 9.17) is 0 Å². The molecule has 4 saturated carbocycles. The Morgan fingerprint density at radius 1 is 0.750 bits per heavy atom. The average Bonchev–Trinajstić information content (AvgIpc) is 3.34. The normalized spacial score (nSPS) is 36.6. The summed E-state index contributed by atoms with van der Waals surface area (Å²) < 4.78 is 0. The van der Waals surface area contributed by atoms with E-state index in [0.29, 0.717) is 5.41 Å². The standard InChI is InChI=1S/C29H25NO2/c31-30(32)25-8-4-2-5-20(25)19-9-10-22-21-6-1-3-7-23(21)29(24(22)14-19)26-12-17-11-18-13-27(29)28(26,15-17)16-18/h1-10,14,17-18,26-27H,11-13,15-16H2. The first-order chi connectivity index (χ1) is 15.6. The summed E-state index contributed by atoms with van der Waals surface area (Å²) >= 11 is 0. The van der Waals surface area contributed by atoms with E-state index < -0.39 is 0 Å². The lowest BCUT2D eigenvalue weighted by atomic mass is 9.38. The van der Waals surface area contributed by atoms with E-state index in [2.05, 4.69) is 42.5 Å². The van der Waals surface area contributed by atoms with Crippen molar-refractivity contribution >= 4 is 5.69 Å². The number of hydrogen-bond donors (Lipinski definition) is 0. The van der Waals surface area contributed by atoms with Gasteiger partial charge in [0.25, 0.3) is 5.69 Å². The molecule has 4 fully saturated rings. The van der Waals surface area contributed by atoms with Crippen LogP contribution in [0.1, 0.15) is 43.2 Å². The third kappa shape index (κ3) is 1.76. The van der Waals surface area contributed by atoms with Gasteiger partial charge in [0.1, 0.15) is 0 Å². The average molecular weight is 420 g/mol. The Kier molecular flexibility index (Phi) is 3.03. The van der Waals surface area contributed by atoms with Crippen molar-refractivity contribution < 1.29 is 4.92 Å². The van der Waals surface area contributed by atoms with Crippen molar-refractivity contribution in [1.29, 1.82) is 0 Å². The van der Waals surface area contributed by atoms with Crippen LogP contribution in [0.2, 0.25) is 0 Å². The predicted molar refractivity (Wildman–Crippen MR) is 124 cm³/mol. The maximum Gasteiger partial charge on any atom is 0.277 e. The van der Waals surface area contributed by atoms with Crippen molar-refractivity contribution in [3.8, 4) is 22.3 Å². The zero-order valence-corrected chi connectivity index (χ0v) is 18.0. The lowest BCUT2D eigenvalue weighted by Gasteiger charge is -2.64. The number of nitro groups is 1. The summed E-state index contributed by atoms with van der Waals surface area (Å²) in [6.45, 7) is 0. The van der Waals surface area contributed by atoms with Crippen LogP contribution in [0.5, 0.6) is 0 Å². The highest BCUT2D eigenvalue weighted by Crippen LogP contribution is 2.85. The van der Waals surface area contributed by atoms with Crippen LogP contribution in [-0.4, -0.2) is 4.92 Å². The molecule has 158 valence electrons. The van der Waals surface area contributed by atoms with Crippen molar-refractivity contribution in [3.05, 3.63) is 88.0 Å². The highest BCUT2D eigenvalue weighted by atomic mass is 16.6. The molecule has 3 bridgehead atoms. The molecule has 5 aliphatic rings. The molecule has 3 aromatic carbocycles. The molecule has 0 amide bonds. The number of fused-ring (bicyclic) bond motifs is 9. The van der Waals surface area contributed by atoms with E-state index in [9.17, 15) is 10.1 Å². The first kappa shape index (κ1) is 17.6. The number of para-hydroxylation sites is 1. The minimum absolute atomic E-state index is 0.120.